The maximum atomic E-state index is 12.2. The predicted octanol–water partition coefficient (Wildman–Crippen LogP) is 2.94. The molecule has 2 aromatic carbocycles. The summed E-state index contributed by atoms with van der Waals surface area (Å²) in [5, 5.41) is 3.86. The number of carbonyl (C=O) groups is 2. The van der Waals surface area contributed by atoms with E-state index in [0.29, 0.717) is 12.2 Å². The van der Waals surface area contributed by atoms with Crippen molar-refractivity contribution in [1.29, 1.82) is 0 Å². The third kappa shape index (κ3) is 6.71. The summed E-state index contributed by atoms with van der Waals surface area (Å²) in [5.41, 5.74) is 3.71. The number of pyridine rings is 1. The van der Waals surface area contributed by atoms with Crippen LogP contribution in [0.1, 0.15) is 16.8 Å². The number of hydrogen-bond donors (Lipinski definition) is 1. The molecular formula is C26H27N3O4. The van der Waals surface area contributed by atoms with E-state index in [1.165, 1.54) is 11.6 Å². The Labute approximate surface area is 193 Å². The number of benzene rings is 2. The van der Waals surface area contributed by atoms with E-state index >= 15 is 0 Å². The van der Waals surface area contributed by atoms with E-state index < -0.39 is 5.97 Å². The molecule has 0 spiro atoms. The van der Waals surface area contributed by atoms with Crippen molar-refractivity contribution in [2.24, 2.45) is 0 Å². The van der Waals surface area contributed by atoms with E-state index in [4.69, 9.17) is 9.47 Å². The van der Waals surface area contributed by atoms with E-state index in [0.717, 1.165) is 49.3 Å². The highest BCUT2D eigenvalue weighted by atomic mass is 16.5. The van der Waals surface area contributed by atoms with E-state index in [1.807, 2.05) is 54.6 Å². The molecule has 1 aliphatic rings. The van der Waals surface area contributed by atoms with Crippen molar-refractivity contribution in [2.45, 2.75) is 13.1 Å². The van der Waals surface area contributed by atoms with Gasteiger partial charge in [-0.25, -0.2) is 9.78 Å². The second-order valence-electron chi connectivity index (χ2n) is 7.80. The highest BCUT2D eigenvalue weighted by Gasteiger charge is 2.13. The largest absolute Gasteiger partial charge is 0.452 e. The molecule has 7 heteroatoms. The van der Waals surface area contributed by atoms with Crippen molar-refractivity contribution in [1.82, 2.24) is 15.2 Å². The summed E-state index contributed by atoms with van der Waals surface area (Å²) in [6, 6.07) is 19.5. The van der Waals surface area contributed by atoms with Gasteiger partial charge < -0.3 is 14.8 Å². The fraction of sp³-hybridized carbons (Fsp3) is 0.269. The number of nitrogens with zero attached hydrogens (tertiary/aromatic N) is 2. The fourth-order valence-corrected chi connectivity index (χ4v) is 3.64. The number of amides is 1. The first-order valence-electron chi connectivity index (χ1n) is 11.0. The Bertz CT molecular complexity index is 1140. The Morgan fingerprint density at radius 2 is 1.76 bits per heavy atom. The molecule has 0 saturated carbocycles. The summed E-state index contributed by atoms with van der Waals surface area (Å²) in [6.07, 6.45) is 2.86. The zero-order chi connectivity index (χ0) is 22.9. The van der Waals surface area contributed by atoms with Crippen LogP contribution in [0.4, 0.5) is 0 Å². The van der Waals surface area contributed by atoms with Crippen LogP contribution >= 0.6 is 0 Å². The minimum absolute atomic E-state index is 0.333. The molecule has 4 rings (SSSR count). The summed E-state index contributed by atoms with van der Waals surface area (Å²) in [5.74, 6) is -0.936. The van der Waals surface area contributed by atoms with Gasteiger partial charge >= 0.3 is 5.97 Å². The number of para-hydroxylation sites is 1. The standard InChI is InChI=1S/C26H27N3O4/c30-25(27-17-21-6-1-2-7-22(21)18-29-13-15-32-16-14-29)19-33-26(31)12-11-23-10-9-20-5-3-4-8-24(20)28-23/h1-12H,13-19H2,(H,27,30)/b12-11+. The van der Waals surface area contributed by atoms with E-state index in [1.54, 1.807) is 6.08 Å². The van der Waals surface area contributed by atoms with Crippen LogP contribution in [0.5, 0.6) is 0 Å². The molecule has 0 radical (unpaired) electrons. The van der Waals surface area contributed by atoms with Crippen molar-refractivity contribution in [3.63, 3.8) is 0 Å². The fourth-order valence-electron chi connectivity index (χ4n) is 3.64. The lowest BCUT2D eigenvalue weighted by Crippen LogP contribution is -2.36. The topological polar surface area (TPSA) is 80.8 Å². The van der Waals surface area contributed by atoms with E-state index in [2.05, 4.69) is 21.3 Å². The Morgan fingerprint density at radius 1 is 1.00 bits per heavy atom. The maximum absolute atomic E-state index is 12.2. The maximum Gasteiger partial charge on any atom is 0.331 e. The molecule has 1 aromatic heterocycles. The van der Waals surface area contributed by atoms with Crippen LogP contribution in [0.25, 0.3) is 17.0 Å². The molecule has 1 amide bonds. The molecule has 0 aliphatic carbocycles. The molecule has 0 unspecified atom stereocenters. The molecule has 1 aliphatic heterocycles. The van der Waals surface area contributed by atoms with Crippen molar-refractivity contribution in [3.05, 3.63) is 83.6 Å². The molecular weight excluding hydrogens is 418 g/mol. The van der Waals surface area contributed by atoms with Gasteiger partial charge in [0, 0.05) is 37.6 Å². The zero-order valence-corrected chi connectivity index (χ0v) is 18.4. The average Bonchev–Trinajstić information content (AvgIpc) is 2.86. The number of hydrogen-bond acceptors (Lipinski definition) is 6. The lowest BCUT2D eigenvalue weighted by Gasteiger charge is -2.27. The van der Waals surface area contributed by atoms with Gasteiger partial charge in [-0.1, -0.05) is 48.5 Å². The Hall–Kier alpha value is -3.55. The summed E-state index contributed by atoms with van der Waals surface area (Å²) in [7, 11) is 0. The first kappa shape index (κ1) is 22.6. The third-order valence-electron chi connectivity index (χ3n) is 5.45. The summed E-state index contributed by atoms with van der Waals surface area (Å²) >= 11 is 0. The van der Waals surface area contributed by atoms with Gasteiger partial charge in [0.2, 0.25) is 0 Å². The highest BCUT2D eigenvalue weighted by Crippen LogP contribution is 2.14. The van der Waals surface area contributed by atoms with Gasteiger partial charge in [0.25, 0.3) is 5.91 Å². The van der Waals surface area contributed by atoms with E-state index in [-0.39, 0.29) is 12.5 Å². The molecule has 3 aromatic rings. The SMILES string of the molecule is O=C(COC(=O)/C=C/c1ccc2ccccc2n1)NCc1ccccc1CN1CCOCC1. The normalized spacial score (nSPS) is 14.4. The molecule has 2 heterocycles. The molecule has 170 valence electrons. The lowest BCUT2D eigenvalue weighted by molar-refractivity contribution is -0.143. The Kier molecular flexibility index (Phi) is 7.79. The van der Waals surface area contributed by atoms with Gasteiger partial charge in [0.15, 0.2) is 6.61 Å². The Balaban J connectivity index is 1.24. The van der Waals surface area contributed by atoms with Crippen molar-refractivity contribution >= 4 is 28.9 Å². The van der Waals surface area contributed by atoms with E-state index in [9.17, 15) is 9.59 Å². The Morgan fingerprint density at radius 3 is 2.61 bits per heavy atom. The van der Waals surface area contributed by atoms with Crippen LogP contribution in [-0.2, 0) is 32.2 Å². The number of aromatic nitrogens is 1. The second kappa shape index (κ2) is 11.4. The number of fused-ring (bicyclic) bond motifs is 1. The van der Waals surface area contributed by atoms with Gasteiger partial charge in [-0.3, -0.25) is 9.69 Å². The molecule has 1 saturated heterocycles. The van der Waals surface area contributed by atoms with Crippen molar-refractivity contribution < 1.29 is 19.1 Å². The van der Waals surface area contributed by atoms with Gasteiger partial charge in [-0.15, -0.1) is 0 Å². The van der Waals surface area contributed by atoms with Crippen LogP contribution < -0.4 is 5.32 Å². The molecule has 7 nitrogen and oxygen atoms in total. The molecule has 1 fully saturated rings. The number of nitrogens with one attached hydrogen (secondary N) is 1. The summed E-state index contributed by atoms with van der Waals surface area (Å²) in [6.45, 7) is 4.16. The lowest BCUT2D eigenvalue weighted by atomic mass is 10.1. The zero-order valence-electron chi connectivity index (χ0n) is 18.4. The molecule has 0 atom stereocenters. The number of morpholine rings is 1. The van der Waals surface area contributed by atoms with Crippen LogP contribution in [0.3, 0.4) is 0 Å². The molecule has 1 N–H and O–H groups in total. The van der Waals surface area contributed by atoms with Gasteiger partial charge in [0.05, 0.1) is 24.4 Å². The second-order valence-corrected chi connectivity index (χ2v) is 7.80. The average molecular weight is 446 g/mol. The van der Waals surface area contributed by atoms with Crippen molar-refractivity contribution in [2.75, 3.05) is 32.9 Å². The molecule has 0 bridgehead atoms. The highest BCUT2D eigenvalue weighted by molar-refractivity contribution is 5.89. The van der Waals surface area contributed by atoms with Crippen LogP contribution in [-0.4, -0.2) is 54.7 Å². The third-order valence-corrected chi connectivity index (χ3v) is 5.45. The van der Waals surface area contributed by atoms with Crippen molar-refractivity contribution in [3.8, 4) is 0 Å². The summed E-state index contributed by atoms with van der Waals surface area (Å²) < 4.78 is 10.5. The smallest absolute Gasteiger partial charge is 0.331 e. The monoisotopic (exact) mass is 445 g/mol. The van der Waals surface area contributed by atoms with Crippen LogP contribution in [0.15, 0.2) is 66.7 Å². The number of esters is 1. The number of carbonyl (C=O) groups excluding carboxylic acids is 2. The number of rotatable bonds is 8. The first-order valence-corrected chi connectivity index (χ1v) is 11.0. The van der Waals surface area contributed by atoms with Gasteiger partial charge in [0.1, 0.15) is 0 Å². The van der Waals surface area contributed by atoms with Crippen LogP contribution in [0.2, 0.25) is 0 Å². The van der Waals surface area contributed by atoms with Gasteiger partial charge in [-0.05, 0) is 29.3 Å². The number of ether oxygens (including phenoxy) is 2. The van der Waals surface area contributed by atoms with Gasteiger partial charge in [-0.2, -0.15) is 0 Å². The quantitative estimate of drug-likeness (QED) is 0.424. The molecule has 33 heavy (non-hydrogen) atoms. The summed E-state index contributed by atoms with van der Waals surface area (Å²) in [4.78, 5) is 31.0. The predicted molar refractivity (Wildman–Crippen MR) is 126 cm³/mol. The minimum atomic E-state index is -0.590. The minimum Gasteiger partial charge on any atom is -0.452 e. The van der Waals surface area contributed by atoms with Crippen LogP contribution in [0, 0.1) is 0 Å². The first-order chi connectivity index (χ1) is 16.2.